The number of hydrogen-bond acceptors (Lipinski definition) is 5. The Morgan fingerprint density at radius 1 is 1.00 bits per heavy atom. The summed E-state index contributed by atoms with van der Waals surface area (Å²) >= 11 is 0. The summed E-state index contributed by atoms with van der Waals surface area (Å²) in [5.74, 6) is 1.34. The Hall–Kier alpha value is -3.09. The van der Waals surface area contributed by atoms with Crippen LogP contribution in [0.25, 0.3) is 22.3 Å². The number of hydrogen-bond donors (Lipinski definition) is 0. The fourth-order valence-electron chi connectivity index (χ4n) is 2.67. The highest BCUT2D eigenvalue weighted by Gasteiger charge is 2.16. The lowest BCUT2D eigenvalue weighted by molar-refractivity contribution is 0.174. The zero-order valence-corrected chi connectivity index (χ0v) is 12.6. The number of nitrogens with zero attached hydrogens (tertiary/aromatic N) is 3. The minimum absolute atomic E-state index is 0.201. The molecule has 0 fully saturated rings. The van der Waals surface area contributed by atoms with Crippen molar-refractivity contribution in [2.24, 2.45) is 14.1 Å². The van der Waals surface area contributed by atoms with Crippen molar-refractivity contribution < 1.29 is 9.47 Å². The molecule has 7 nitrogen and oxygen atoms in total. The fourth-order valence-corrected chi connectivity index (χ4v) is 2.67. The Balaban J connectivity index is 1.96. The highest BCUT2D eigenvalue weighted by molar-refractivity contribution is 5.78. The van der Waals surface area contributed by atoms with Gasteiger partial charge in [-0.15, -0.1) is 0 Å². The van der Waals surface area contributed by atoms with Crippen LogP contribution in [-0.4, -0.2) is 20.9 Å². The third kappa shape index (κ3) is 1.93. The molecule has 1 aliphatic rings. The van der Waals surface area contributed by atoms with Gasteiger partial charge < -0.3 is 9.47 Å². The minimum atomic E-state index is -0.411. The van der Waals surface area contributed by atoms with E-state index in [1.165, 1.54) is 11.6 Å². The van der Waals surface area contributed by atoms with E-state index in [4.69, 9.17) is 9.47 Å². The van der Waals surface area contributed by atoms with Crippen molar-refractivity contribution in [2.45, 2.75) is 0 Å². The van der Waals surface area contributed by atoms with Gasteiger partial charge in [0.05, 0.1) is 11.2 Å². The lowest BCUT2D eigenvalue weighted by atomic mass is 10.1. The molecule has 7 heteroatoms. The van der Waals surface area contributed by atoms with E-state index in [0.29, 0.717) is 22.7 Å². The third-order valence-electron chi connectivity index (χ3n) is 3.98. The molecule has 0 atom stereocenters. The van der Waals surface area contributed by atoms with Gasteiger partial charge in [-0.2, -0.15) is 0 Å². The highest BCUT2D eigenvalue weighted by Crippen LogP contribution is 2.35. The molecule has 4 rings (SSSR count). The molecule has 0 unspecified atom stereocenters. The van der Waals surface area contributed by atoms with Crippen LogP contribution in [0.5, 0.6) is 11.5 Å². The molecular formula is C16H13N3O4. The number of fused-ring (bicyclic) bond motifs is 2. The van der Waals surface area contributed by atoms with Gasteiger partial charge in [0.1, 0.15) is 0 Å². The number of pyridine rings is 1. The van der Waals surface area contributed by atoms with Gasteiger partial charge in [-0.1, -0.05) is 0 Å². The molecule has 116 valence electrons. The molecule has 0 amide bonds. The third-order valence-corrected chi connectivity index (χ3v) is 3.98. The predicted octanol–water partition coefficient (Wildman–Crippen LogP) is 1.03. The van der Waals surface area contributed by atoms with E-state index in [1.54, 1.807) is 19.2 Å². The number of aryl methyl sites for hydroxylation is 1. The van der Waals surface area contributed by atoms with Crippen molar-refractivity contribution in [1.29, 1.82) is 0 Å². The van der Waals surface area contributed by atoms with E-state index in [-0.39, 0.29) is 18.0 Å². The normalized spacial score (nSPS) is 12.8. The Morgan fingerprint density at radius 2 is 1.78 bits per heavy atom. The molecular weight excluding hydrogens is 298 g/mol. The Bertz CT molecular complexity index is 1070. The Morgan fingerprint density at radius 3 is 2.61 bits per heavy atom. The second-order valence-corrected chi connectivity index (χ2v) is 5.34. The molecule has 3 aromatic rings. The molecule has 0 aliphatic carbocycles. The minimum Gasteiger partial charge on any atom is -0.454 e. The summed E-state index contributed by atoms with van der Waals surface area (Å²) in [6.45, 7) is 0.201. The van der Waals surface area contributed by atoms with Gasteiger partial charge in [-0.3, -0.25) is 13.9 Å². The van der Waals surface area contributed by atoms with Crippen LogP contribution in [0, 0.1) is 0 Å². The van der Waals surface area contributed by atoms with Crippen LogP contribution in [0.3, 0.4) is 0 Å². The van der Waals surface area contributed by atoms with Gasteiger partial charge in [-0.25, -0.2) is 9.78 Å². The van der Waals surface area contributed by atoms with E-state index < -0.39 is 5.56 Å². The van der Waals surface area contributed by atoms with Gasteiger partial charge in [0.15, 0.2) is 17.0 Å². The smallest absolute Gasteiger partial charge is 0.331 e. The molecule has 3 heterocycles. The van der Waals surface area contributed by atoms with Crippen molar-refractivity contribution in [2.75, 3.05) is 6.79 Å². The van der Waals surface area contributed by atoms with Crippen LogP contribution in [0.1, 0.15) is 0 Å². The van der Waals surface area contributed by atoms with Crippen LogP contribution in [-0.2, 0) is 14.1 Å². The van der Waals surface area contributed by atoms with Gasteiger partial charge in [0.25, 0.3) is 5.56 Å². The lowest BCUT2D eigenvalue weighted by Gasteiger charge is -2.08. The summed E-state index contributed by atoms with van der Waals surface area (Å²) in [7, 11) is 3.06. The summed E-state index contributed by atoms with van der Waals surface area (Å²) < 4.78 is 13.1. The second kappa shape index (κ2) is 4.70. The molecule has 2 aromatic heterocycles. The highest BCUT2D eigenvalue weighted by atomic mass is 16.7. The number of rotatable bonds is 1. The maximum atomic E-state index is 12.3. The monoisotopic (exact) mass is 311 g/mol. The number of benzene rings is 1. The van der Waals surface area contributed by atoms with Crippen LogP contribution >= 0.6 is 0 Å². The molecule has 1 aliphatic heterocycles. The predicted molar refractivity (Wildman–Crippen MR) is 83.8 cm³/mol. The summed E-state index contributed by atoms with van der Waals surface area (Å²) in [6, 6.07) is 8.99. The summed E-state index contributed by atoms with van der Waals surface area (Å²) in [6.07, 6.45) is 0. The summed E-state index contributed by atoms with van der Waals surface area (Å²) in [4.78, 5) is 28.7. The summed E-state index contributed by atoms with van der Waals surface area (Å²) in [5.41, 5.74) is 1.41. The van der Waals surface area contributed by atoms with Gasteiger partial charge in [-0.05, 0) is 30.3 Å². The first kappa shape index (κ1) is 13.6. The first-order valence-corrected chi connectivity index (χ1v) is 7.03. The zero-order chi connectivity index (χ0) is 16.1. The molecule has 0 spiro atoms. The maximum absolute atomic E-state index is 12.3. The lowest BCUT2D eigenvalue weighted by Crippen LogP contribution is -2.37. The average Bonchev–Trinajstić information content (AvgIpc) is 3.05. The van der Waals surface area contributed by atoms with E-state index in [2.05, 4.69) is 4.98 Å². The van der Waals surface area contributed by atoms with Gasteiger partial charge in [0.2, 0.25) is 6.79 Å². The van der Waals surface area contributed by atoms with Gasteiger partial charge >= 0.3 is 5.69 Å². The quantitative estimate of drug-likeness (QED) is 0.671. The van der Waals surface area contributed by atoms with E-state index in [0.717, 1.165) is 10.1 Å². The fraction of sp³-hybridized carbons (Fsp3) is 0.188. The largest absolute Gasteiger partial charge is 0.454 e. The number of ether oxygens (including phenoxy) is 2. The molecule has 23 heavy (non-hydrogen) atoms. The van der Waals surface area contributed by atoms with Crippen molar-refractivity contribution in [3.8, 4) is 22.8 Å². The molecule has 1 aromatic carbocycles. The Kier molecular flexibility index (Phi) is 2.77. The van der Waals surface area contributed by atoms with Crippen molar-refractivity contribution in [3.05, 3.63) is 51.2 Å². The van der Waals surface area contributed by atoms with E-state index in [1.807, 2.05) is 18.2 Å². The van der Waals surface area contributed by atoms with Crippen LogP contribution < -0.4 is 20.7 Å². The molecule has 0 N–H and O–H groups in total. The Labute approximate surface area is 130 Å². The number of aromatic nitrogens is 3. The molecule has 0 radical (unpaired) electrons. The zero-order valence-electron chi connectivity index (χ0n) is 12.6. The van der Waals surface area contributed by atoms with Crippen molar-refractivity contribution >= 4 is 11.0 Å². The maximum Gasteiger partial charge on any atom is 0.331 e. The van der Waals surface area contributed by atoms with Crippen LogP contribution in [0.2, 0.25) is 0 Å². The SMILES string of the molecule is Cn1c(=O)c2nc(-c3ccc4c(c3)OCO4)ccc2n(C)c1=O. The topological polar surface area (TPSA) is 75.4 Å². The molecule has 0 saturated carbocycles. The standard InChI is InChI=1S/C16H13N3O4/c1-18-11-5-4-10(17-14(11)15(20)19(2)16(18)21)9-3-6-12-13(7-9)23-8-22-12/h3-7H,8H2,1-2H3. The average molecular weight is 311 g/mol. The van der Waals surface area contributed by atoms with E-state index in [9.17, 15) is 9.59 Å². The molecule has 0 bridgehead atoms. The van der Waals surface area contributed by atoms with Crippen molar-refractivity contribution in [3.63, 3.8) is 0 Å². The first-order chi connectivity index (χ1) is 11.1. The molecule has 0 saturated heterocycles. The van der Waals surface area contributed by atoms with Gasteiger partial charge in [0, 0.05) is 19.7 Å². The van der Waals surface area contributed by atoms with Crippen molar-refractivity contribution in [1.82, 2.24) is 14.1 Å². The van der Waals surface area contributed by atoms with E-state index >= 15 is 0 Å². The van der Waals surface area contributed by atoms with Crippen LogP contribution in [0.4, 0.5) is 0 Å². The second-order valence-electron chi connectivity index (χ2n) is 5.34. The van der Waals surface area contributed by atoms with Crippen LogP contribution in [0.15, 0.2) is 39.9 Å². The summed E-state index contributed by atoms with van der Waals surface area (Å²) in [5, 5.41) is 0. The first-order valence-electron chi connectivity index (χ1n) is 7.03.